The molecular formula is C12H11ClN2O4S2. The molecule has 2 rings (SSSR count). The van der Waals surface area contributed by atoms with E-state index in [2.05, 4.69) is 14.4 Å². The van der Waals surface area contributed by atoms with Gasteiger partial charge in [-0.15, -0.1) is 11.3 Å². The Balaban J connectivity index is 2.39. The maximum Gasteiger partial charge on any atom is 0.358 e. The number of benzene rings is 1. The number of sulfonamides is 1. The molecule has 0 saturated heterocycles. The number of nitrogens with one attached hydrogen (secondary N) is 1. The van der Waals surface area contributed by atoms with Gasteiger partial charge in [0.1, 0.15) is 0 Å². The van der Waals surface area contributed by atoms with Gasteiger partial charge in [0.2, 0.25) is 0 Å². The van der Waals surface area contributed by atoms with Crippen molar-refractivity contribution < 1.29 is 17.9 Å². The van der Waals surface area contributed by atoms with Crippen LogP contribution in [0.1, 0.15) is 16.1 Å². The van der Waals surface area contributed by atoms with Gasteiger partial charge >= 0.3 is 5.97 Å². The molecule has 1 heterocycles. The number of aromatic nitrogens is 1. The summed E-state index contributed by atoms with van der Waals surface area (Å²) in [5.74, 6) is -0.813. The van der Waals surface area contributed by atoms with Crippen LogP contribution in [0.2, 0.25) is 5.02 Å². The second-order valence-electron chi connectivity index (χ2n) is 4.07. The van der Waals surface area contributed by atoms with E-state index >= 15 is 0 Å². The average molecular weight is 347 g/mol. The van der Waals surface area contributed by atoms with Gasteiger partial charge in [-0.2, -0.15) is 0 Å². The Morgan fingerprint density at radius 3 is 2.76 bits per heavy atom. The fourth-order valence-corrected chi connectivity index (χ4v) is 4.10. The number of carbonyl (C=O) groups is 1. The third kappa shape index (κ3) is 3.34. The molecule has 1 aromatic carbocycles. The fourth-order valence-electron chi connectivity index (χ4n) is 1.55. The molecule has 9 heteroatoms. The van der Waals surface area contributed by atoms with Crippen LogP contribution >= 0.6 is 22.9 Å². The largest absolute Gasteiger partial charge is 0.464 e. The lowest BCUT2D eigenvalue weighted by Crippen LogP contribution is -2.16. The molecule has 0 amide bonds. The van der Waals surface area contributed by atoms with E-state index in [9.17, 15) is 13.2 Å². The molecule has 0 saturated carbocycles. The number of thiazole rings is 1. The van der Waals surface area contributed by atoms with E-state index < -0.39 is 16.0 Å². The van der Waals surface area contributed by atoms with Gasteiger partial charge in [-0.05, 0) is 24.6 Å². The van der Waals surface area contributed by atoms with Crippen LogP contribution in [-0.4, -0.2) is 26.5 Å². The van der Waals surface area contributed by atoms with E-state index in [1.165, 1.54) is 5.51 Å². The number of methoxy groups -OCH3 is 1. The van der Waals surface area contributed by atoms with E-state index in [1.54, 1.807) is 18.2 Å². The Hall–Kier alpha value is -1.64. The Labute approximate surface area is 130 Å². The van der Waals surface area contributed by atoms with Crippen molar-refractivity contribution in [3.63, 3.8) is 0 Å². The van der Waals surface area contributed by atoms with Crippen molar-refractivity contribution in [3.8, 4) is 0 Å². The third-order valence-electron chi connectivity index (χ3n) is 2.53. The lowest BCUT2D eigenvalue weighted by atomic mass is 10.2. The molecule has 0 radical (unpaired) electrons. The molecule has 1 N–H and O–H groups in total. The second kappa shape index (κ2) is 6.00. The van der Waals surface area contributed by atoms with Crippen molar-refractivity contribution in [2.24, 2.45) is 0 Å². The fraction of sp³-hybridized carbons (Fsp3) is 0.167. The minimum atomic E-state index is -3.97. The number of ether oxygens (including phenoxy) is 1. The number of carbonyl (C=O) groups excluding carboxylic acids is 1. The van der Waals surface area contributed by atoms with E-state index in [4.69, 9.17) is 11.6 Å². The van der Waals surface area contributed by atoms with E-state index in [0.717, 1.165) is 24.0 Å². The highest BCUT2D eigenvalue weighted by atomic mass is 35.5. The zero-order valence-electron chi connectivity index (χ0n) is 11.1. The standard InChI is InChI=1S/C12H11ClN2O4S2/c1-7-3-4-9(8(13)5-7)15-21(17,18)12-10(11(16)19-2)14-6-20-12/h3-6,15H,1-2H3. The highest BCUT2D eigenvalue weighted by Gasteiger charge is 2.27. The summed E-state index contributed by atoms with van der Waals surface area (Å²) in [5, 5.41) is 0.266. The maximum absolute atomic E-state index is 12.3. The van der Waals surface area contributed by atoms with Crippen molar-refractivity contribution in [3.05, 3.63) is 40.0 Å². The smallest absolute Gasteiger partial charge is 0.358 e. The Morgan fingerprint density at radius 1 is 1.43 bits per heavy atom. The first-order chi connectivity index (χ1) is 9.85. The van der Waals surface area contributed by atoms with Gasteiger partial charge in [0.15, 0.2) is 9.90 Å². The van der Waals surface area contributed by atoms with Crippen LogP contribution in [0.3, 0.4) is 0 Å². The lowest BCUT2D eigenvalue weighted by molar-refractivity contribution is 0.0590. The van der Waals surface area contributed by atoms with Gasteiger partial charge in [0.25, 0.3) is 10.0 Å². The lowest BCUT2D eigenvalue weighted by Gasteiger charge is -2.09. The molecule has 112 valence electrons. The number of nitrogens with zero attached hydrogens (tertiary/aromatic N) is 1. The minimum Gasteiger partial charge on any atom is -0.464 e. The first-order valence-electron chi connectivity index (χ1n) is 5.66. The van der Waals surface area contributed by atoms with Crippen molar-refractivity contribution in [1.82, 2.24) is 4.98 Å². The van der Waals surface area contributed by atoms with E-state index in [0.29, 0.717) is 0 Å². The molecule has 0 aliphatic carbocycles. The number of hydrogen-bond acceptors (Lipinski definition) is 6. The molecule has 0 atom stereocenters. The third-order valence-corrected chi connectivity index (χ3v) is 5.57. The van der Waals surface area contributed by atoms with Crippen LogP contribution in [-0.2, 0) is 14.8 Å². The number of halogens is 1. The normalized spacial score (nSPS) is 11.2. The van der Waals surface area contributed by atoms with Gasteiger partial charge in [0, 0.05) is 0 Å². The molecule has 0 unspecified atom stereocenters. The molecule has 21 heavy (non-hydrogen) atoms. The summed E-state index contributed by atoms with van der Waals surface area (Å²) < 4.78 is 31.3. The number of hydrogen-bond donors (Lipinski definition) is 1. The highest BCUT2D eigenvalue weighted by molar-refractivity contribution is 7.94. The van der Waals surface area contributed by atoms with Crippen molar-refractivity contribution in [2.75, 3.05) is 11.8 Å². The molecule has 0 bridgehead atoms. The van der Waals surface area contributed by atoms with Gasteiger partial charge in [-0.3, -0.25) is 4.72 Å². The summed E-state index contributed by atoms with van der Waals surface area (Å²) in [6.45, 7) is 1.84. The molecule has 6 nitrogen and oxygen atoms in total. The van der Waals surface area contributed by atoms with Crippen LogP contribution in [0.5, 0.6) is 0 Å². The molecule has 2 aromatic rings. The average Bonchev–Trinajstić information content (AvgIpc) is 2.91. The molecule has 0 spiro atoms. The molecule has 0 fully saturated rings. The van der Waals surface area contributed by atoms with Crippen molar-refractivity contribution >= 4 is 44.6 Å². The molecule has 0 aliphatic heterocycles. The van der Waals surface area contributed by atoms with Crippen LogP contribution in [0.25, 0.3) is 0 Å². The zero-order valence-corrected chi connectivity index (χ0v) is 13.5. The first-order valence-corrected chi connectivity index (χ1v) is 8.40. The van der Waals surface area contributed by atoms with Crippen LogP contribution < -0.4 is 4.72 Å². The van der Waals surface area contributed by atoms with E-state index in [-0.39, 0.29) is 20.6 Å². The topological polar surface area (TPSA) is 85.4 Å². The van der Waals surface area contributed by atoms with Crippen LogP contribution in [0, 0.1) is 6.92 Å². The molecule has 0 aliphatic rings. The monoisotopic (exact) mass is 346 g/mol. The van der Waals surface area contributed by atoms with Gasteiger partial charge in [-0.1, -0.05) is 17.7 Å². The zero-order chi connectivity index (χ0) is 15.6. The second-order valence-corrected chi connectivity index (χ2v) is 7.21. The first kappa shape index (κ1) is 15.7. The predicted octanol–water partition coefficient (Wildman–Crippen LogP) is 2.69. The van der Waals surface area contributed by atoms with Crippen molar-refractivity contribution in [2.45, 2.75) is 11.1 Å². The maximum atomic E-state index is 12.3. The SMILES string of the molecule is COC(=O)c1ncsc1S(=O)(=O)Nc1ccc(C)cc1Cl. The van der Waals surface area contributed by atoms with Crippen molar-refractivity contribution in [1.29, 1.82) is 0 Å². The summed E-state index contributed by atoms with van der Waals surface area (Å²) in [4.78, 5) is 15.2. The number of anilines is 1. The quantitative estimate of drug-likeness (QED) is 0.860. The number of aryl methyl sites for hydroxylation is 1. The van der Waals surface area contributed by atoms with Gasteiger partial charge in [0.05, 0.1) is 23.3 Å². The number of rotatable bonds is 4. The number of esters is 1. The molecule has 1 aromatic heterocycles. The Kier molecular flexibility index (Phi) is 4.50. The van der Waals surface area contributed by atoms with Crippen LogP contribution in [0.4, 0.5) is 5.69 Å². The van der Waals surface area contributed by atoms with Crippen LogP contribution in [0.15, 0.2) is 27.9 Å². The highest BCUT2D eigenvalue weighted by Crippen LogP contribution is 2.28. The van der Waals surface area contributed by atoms with Gasteiger partial charge in [-0.25, -0.2) is 18.2 Å². The summed E-state index contributed by atoms with van der Waals surface area (Å²) in [6, 6.07) is 4.90. The predicted molar refractivity (Wildman–Crippen MR) is 80.5 cm³/mol. The Morgan fingerprint density at radius 2 is 2.14 bits per heavy atom. The molecular weight excluding hydrogens is 336 g/mol. The summed E-state index contributed by atoms with van der Waals surface area (Å²) in [6.07, 6.45) is 0. The minimum absolute atomic E-state index is 0.217. The summed E-state index contributed by atoms with van der Waals surface area (Å²) >= 11 is 6.82. The Bertz CT molecular complexity index is 786. The summed E-state index contributed by atoms with van der Waals surface area (Å²) in [5.41, 5.74) is 2.14. The van der Waals surface area contributed by atoms with Gasteiger partial charge < -0.3 is 4.74 Å². The van der Waals surface area contributed by atoms with E-state index in [1.807, 2.05) is 6.92 Å². The summed E-state index contributed by atoms with van der Waals surface area (Å²) in [7, 11) is -2.82.